The van der Waals surface area contributed by atoms with Gasteiger partial charge in [-0.25, -0.2) is 0 Å². The van der Waals surface area contributed by atoms with Crippen molar-refractivity contribution in [2.24, 2.45) is 5.92 Å². The van der Waals surface area contributed by atoms with Gasteiger partial charge in [0.1, 0.15) is 6.04 Å². The first-order chi connectivity index (χ1) is 12.1. The fraction of sp³-hybridized carbons (Fsp3) is 0.333. The number of benzene rings is 2. The maximum Gasteiger partial charge on any atom is 0.277 e. The highest BCUT2D eigenvalue weighted by atomic mass is 32.1. The Labute approximate surface area is 149 Å². The predicted octanol–water partition coefficient (Wildman–Crippen LogP) is 3.23. The van der Waals surface area contributed by atoms with Crippen LogP contribution in [0.2, 0.25) is 0 Å². The number of piperidine rings is 1. The zero-order valence-electron chi connectivity index (χ0n) is 13.3. The van der Waals surface area contributed by atoms with Gasteiger partial charge >= 0.3 is 0 Å². The van der Waals surface area contributed by atoms with Crippen molar-refractivity contribution in [3.8, 4) is 0 Å². The van der Waals surface area contributed by atoms with Gasteiger partial charge in [0.2, 0.25) is 0 Å². The summed E-state index contributed by atoms with van der Waals surface area (Å²) in [5.74, 6) is 0.390. The van der Waals surface area contributed by atoms with E-state index >= 15 is 0 Å². The molecule has 2 aliphatic heterocycles. The molecule has 0 N–H and O–H groups in total. The number of amides is 1. The molecule has 126 valence electrons. The summed E-state index contributed by atoms with van der Waals surface area (Å²) in [4.78, 5) is 27.7. The molecule has 1 saturated carbocycles. The fourth-order valence-electron chi connectivity index (χ4n) is 4.77. The van der Waals surface area contributed by atoms with Gasteiger partial charge in [-0.1, -0.05) is 18.2 Å². The SMILES string of the molecule is O=C1[C@@H]2C3CCC(C3)N2C(=S)N1c1ccc([N+](=O)[O-])c2ccccc12. The molecule has 6 nitrogen and oxygen atoms in total. The molecule has 0 radical (unpaired) electrons. The summed E-state index contributed by atoms with van der Waals surface area (Å²) in [6.45, 7) is 0. The monoisotopic (exact) mass is 353 g/mol. The zero-order chi connectivity index (χ0) is 17.3. The van der Waals surface area contributed by atoms with Gasteiger partial charge in [-0.2, -0.15) is 0 Å². The quantitative estimate of drug-likeness (QED) is 0.471. The number of rotatable bonds is 2. The number of nitrogens with zero attached hydrogens (tertiary/aromatic N) is 3. The van der Waals surface area contributed by atoms with Gasteiger partial charge in [0, 0.05) is 17.5 Å². The van der Waals surface area contributed by atoms with Gasteiger partial charge in [-0.15, -0.1) is 0 Å². The van der Waals surface area contributed by atoms with Crippen molar-refractivity contribution in [1.82, 2.24) is 4.90 Å². The molecule has 1 aliphatic carbocycles. The minimum atomic E-state index is -0.394. The number of hydrogen-bond acceptors (Lipinski definition) is 4. The first-order valence-electron chi connectivity index (χ1n) is 8.40. The largest absolute Gasteiger partial charge is 0.333 e. The lowest BCUT2D eigenvalue weighted by Gasteiger charge is -2.28. The Morgan fingerprint density at radius 2 is 1.88 bits per heavy atom. The second-order valence-electron chi connectivity index (χ2n) is 6.94. The average molecular weight is 353 g/mol. The molecule has 3 atom stereocenters. The van der Waals surface area contributed by atoms with Crippen LogP contribution in [0, 0.1) is 16.0 Å². The van der Waals surface area contributed by atoms with Crippen LogP contribution >= 0.6 is 12.2 Å². The number of anilines is 1. The van der Waals surface area contributed by atoms with Crippen LogP contribution in [0.25, 0.3) is 10.8 Å². The lowest BCUT2D eigenvalue weighted by atomic mass is 9.99. The molecule has 2 bridgehead atoms. The van der Waals surface area contributed by atoms with E-state index in [2.05, 4.69) is 4.90 Å². The summed E-state index contributed by atoms with van der Waals surface area (Å²) >= 11 is 5.65. The van der Waals surface area contributed by atoms with E-state index in [-0.39, 0.29) is 17.6 Å². The predicted molar refractivity (Wildman–Crippen MR) is 97.4 cm³/mol. The Kier molecular flexibility index (Phi) is 2.94. The van der Waals surface area contributed by atoms with E-state index < -0.39 is 4.92 Å². The Bertz CT molecular complexity index is 932. The van der Waals surface area contributed by atoms with Crippen LogP contribution in [0.4, 0.5) is 11.4 Å². The number of nitro groups is 1. The molecule has 25 heavy (non-hydrogen) atoms. The molecule has 0 spiro atoms. The molecule has 2 unspecified atom stereocenters. The number of fused-ring (bicyclic) bond motifs is 6. The zero-order valence-corrected chi connectivity index (χ0v) is 14.1. The summed E-state index contributed by atoms with van der Waals surface area (Å²) in [7, 11) is 0. The smallest absolute Gasteiger partial charge is 0.277 e. The Hall–Kier alpha value is -2.54. The van der Waals surface area contributed by atoms with Crippen LogP contribution < -0.4 is 4.90 Å². The molecule has 2 aromatic rings. The molecule has 7 heteroatoms. The van der Waals surface area contributed by atoms with E-state index in [0.717, 1.165) is 19.3 Å². The van der Waals surface area contributed by atoms with Crippen molar-refractivity contribution >= 4 is 45.4 Å². The Balaban J connectivity index is 1.67. The average Bonchev–Trinajstić information content (AvgIpc) is 3.28. The minimum absolute atomic E-state index is 0.0104. The second-order valence-corrected chi connectivity index (χ2v) is 7.31. The van der Waals surface area contributed by atoms with Crippen molar-refractivity contribution in [2.75, 3.05) is 4.90 Å². The number of hydrogen-bond donors (Lipinski definition) is 0. The van der Waals surface area contributed by atoms with Gasteiger partial charge in [-0.3, -0.25) is 19.8 Å². The number of carbonyl (C=O) groups is 1. The molecular weight excluding hydrogens is 338 g/mol. The molecular formula is C18H15N3O3S. The topological polar surface area (TPSA) is 66.7 Å². The van der Waals surface area contributed by atoms with Crippen LogP contribution in [0.1, 0.15) is 19.3 Å². The van der Waals surface area contributed by atoms with Gasteiger partial charge in [0.25, 0.3) is 11.6 Å². The van der Waals surface area contributed by atoms with E-state index in [0.29, 0.717) is 33.5 Å². The van der Waals surface area contributed by atoms with Gasteiger partial charge < -0.3 is 4.90 Å². The van der Waals surface area contributed by atoms with E-state index in [1.54, 1.807) is 23.1 Å². The van der Waals surface area contributed by atoms with Crippen LogP contribution in [0.5, 0.6) is 0 Å². The van der Waals surface area contributed by atoms with E-state index in [1.807, 2.05) is 12.1 Å². The van der Waals surface area contributed by atoms with Crippen molar-refractivity contribution < 1.29 is 9.72 Å². The molecule has 1 amide bonds. The third-order valence-corrected chi connectivity index (χ3v) is 6.18. The molecule has 5 rings (SSSR count). The van der Waals surface area contributed by atoms with Crippen LogP contribution in [-0.4, -0.2) is 32.9 Å². The maximum absolute atomic E-state index is 13.1. The lowest BCUT2D eigenvalue weighted by Crippen LogP contribution is -2.40. The van der Waals surface area contributed by atoms with Crippen molar-refractivity contribution in [1.29, 1.82) is 0 Å². The van der Waals surface area contributed by atoms with Gasteiger partial charge in [0.05, 0.1) is 16.0 Å². The molecule has 3 fully saturated rings. The van der Waals surface area contributed by atoms with Crippen LogP contribution in [-0.2, 0) is 4.79 Å². The molecule has 2 aromatic carbocycles. The van der Waals surface area contributed by atoms with Crippen molar-refractivity contribution in [3.63, 3.8) is 0 Å². The highest BCUT2D eigenvalue weighted by Gasteiger charge is 2.57. The van der Waals surface area contributed by atoms with Gasteiger partial charge in [0.15, 0.2) is 5.11 Å². The number of thiocarbonyl (C=S) groups is 1. The highest BCUT2D eigenvalue weighted by molar-refractivity contribution is 7.80. The summed E-state index contributed by atoms with van der Waals surface area (Å²) in [5.41, 5.74) is 0.683. The number of nitro benzene ring substituents is 1. The van der Waals surface area contributed by atoms with E-state index in [1.165, 1.54) is 6.07 Å². The van der Waals surface area contributed by atoms with Crippen molar-refractivity contribution in [2.45, 2.75) is 31.3 Å². The van der Waals surface area contributed by atoms with E-state index in [9.17, 15) is 14.9 Å². The molecule has 3 aliphatic rings. The third-order valence-electron chi connectivity index (χ3n) is 5.79. The third kappa shape index (κ3) is 1.84. The number of carbonyl (C=O) groups excluding carboxylic acids is 1. The second kappa shape index (κ2) is 4.98. The van der Waals surface area contributed by atoms with E-state index in [4.69, 9.17) is 12.2 Å². The fourth-order valence-corrected chi connectivity index (χ4v) is 5.22. The van der Waals surface area contributed by atoms with Crippen molar-refractivity contribution in [3.05, 3.63) is 46.5 Å². The van der Waals surface area contributed by atoms with Gasteiger partial charge in [-0.05, 0) is 49.5 Å². The summed E-state index contributed by atoms with van der Waals surface area (Å²) in [5, 5.41) is 13.1. The normalized spacial score (nSPS) is 27.4. The Morgan fingerprint density at radius 1 is 1.12 bits per heavy atom. The van der Waals surface area contributed by atoms with Crippen LogP contribution in [0.3, 0.4) is 0 Å². The standard InChI is InChI=1S/C18H15N3O3S/c22-17-16-10-5-6-11(9-10)19(16)18(25)20(17)14-7-8-15(21(23)24)13-4-2-1-3-12(13)14/h1-4,7-8,10-11,16H,5-6,9H2/t10?,11?,16-/m0/s1. The number of non-ortho nitro benzene ring substituents is 1. The Morgan fingerprint density at radius 3 is 2.60 bits per heavy atom. The first kappa shape index (κ1) is 14.8. The summed E-state index contributed by atoms with van der Waals surface area (Å²) in [6.07, 6.45) is 3.21. The first-order valence-corrected chi connectivity index (χ1v) is 8.81. The maximum atomic E-state index is 13.1. The summed E-state index contributed by atoms with van der Waals surface area (Å²) in [6, 6.07) is 10.4. The highest BCUT2D eigenvalue weighted by Crippen LogP contribution is 2.48. The van der Waals surface area contributed by atoms with Crippen LogP contribution in [0.15, 0.2) is 36.4 Å². The lowest BCUT2D eigenvalue weighted by molar-refractivity contribution is -0.383. The molecule has 2 heterocycles. The summed E-state index contributed by atoms with van der Waals surface area (Å²) < 4.78 is 0. The molecule has 0 aromatic heterocycles. The molecule has 2 saturated heterocycles. The minimum Gasteiger partial charge on any atom is -0.333 e.